The van der Waals surface area contributed by atoms with Crippen LogP contribution in [0.5, 0.6) is 0 Å². The van der Waals surface area contributed by atoms with Crippen molar-refractivity contribution in [2.45, 2.75) is 6.04 Å². The molecule has 0 bridgehead atoms. The van der Waals surface area contributed by atoms with Crippen molar-refractivity contribution in [2.24, 2.45) is 0 Å². The summed E-state index contributed by atoms with van der Waals surface area (Å²) in [5.41, 5.74) is 2.55. The Bertz CT molecular complexity index is 352. The number of carbonyl (C=O) groups excluding carboxylic acids is 2. The van der Waals surface area contributed by atoms with Gasteiger partial charge >= 0.3 is 0 Å². The number of thiophene rings is 1. The van der Waals surface area contributed by atoms with Crippen LogP contribution in [0.15, 0.2) is 17.5 Å². The van der Waals surface area contributed by atoms with Crippen LogP contribution in [0.3, 0.4) is 0 Å². The highest BCUT2D eigenvalue weighted by Crippen LogP contribution is 2.25. The van der Waals surface area contributed by atoms with E-state index in [4.69, 9.17) is 0 Å². The Morgan fingerprint density at radius 1 is 1.67 bits per heavy atom. The fourth-order valence-corrected chi connectivity index (χ4v) is 2.44. The number of carbonyl (C=O) groups is 2. The topological polar surface area (TPSA) is 61.4 Å². The number of rotatable bonds is 3. The van der Waals surface area contributed by atoms with E-state index >= 15 is 0 Å². The predicted octanol–water partition coefficient (Wildman–Crippen LogP) is -0.118. The highest BCUT2D eigenvalue weighted by atomic mass is 32.1. The van der Waals surface area contributed by atoms with Crippen molar-refractivity contribution in [1.82, 2.24) is 15.8 Å². The normalized spacial score (nSPS) is 22.1. The Balaban J connectivity index is 2.22. The van der Waals surface area contributed by atoms with Crippen LogP contribution in [0.1, 0.15) is 10.9 Å². The molecule has 1 aromatic rings. The van der Waals surface area contributed by atoms with Crippen molar-refractivity contribution in [3.63, 3.8) is 0 Å². The Morgan fingerprint density at radius 2 is 2.53 bits per heavy atom. The molecule has 1 aliphatic rings. The van der Waals surface area contributed by atoms with Crippen LogP contribution in [0.4, 0.5) is 0 Å². The summed E-state index contributed by atoms with van der Waals surface area (Å²) in [7, 11) is 0. The van der Waals surface area contributed by atoms with Crippen molar-refractivity contribution >= 4 is 23.7 Å². The van der Waals surface area contributed by atoms with Crippen molar-refractivity contribution in [3.05, 3.63) is 22.4 Å². The lowest BCUT2D eigenvalue weighted by molar-refractivity contribution is -0.132. The van der Waals surface area contributed by atoms with Gasteiger partial charge in [0, 0.05) is 18.0 Å². The van der Waals surface area contributed by atoms with Crippen molar-refractivity contribution in [3.8, 4) is 0 Å². The van der Waals surface area contributed by atoms with E-state index in [1.165, 1.54) is 11.3 Å². The second-order valence-corrected chi connectivity index (χ2v) is 4.13. The average molecular weight is 225 g/mol. The molecular formula is C9H11N3O2S. The van der Waals surface area contributed by atoms with Crippen LogP contribution in [-0.2, 0) is 9.59 Å². The number of hydrogen-bond acceptors (Lipinski definition) is 4. The zero-order chi connectivity index (χ0) is 10.7. The molecule has 2 amide bonds. The lowest BCUT2D eigenvalue weighted by Crippen LogP contribution is -2.54. The molecular weight excluding hydrogens is 214 g/mol. The molecule has 1 aromatic heterocycles. The molecule has 0 aromatic carbocycles. The minimum Gasteiger partial charge on any atom is -0.353 e. The summed E-state index contributed by atoms with van der Waals surface area (Å²) in [6.45, 7) is 1.18. The van der Waals surface area contributed by atoms with Gasteiger partial charge in [0.25, 0.3) is 0 Å². The molecule has 1 saturated heterocycles. The summed E-state index contributed by atoms with van der Waals surface area (Å²) in [6, 6.07) is 3.38. The van der Waals surface area contributed by atoms with Gasteiger partial charge in [-0.25, -0.2) is 5.01 Å². The molecule has 80 valence electrons. The van der Waals surface area contributed by atoms with Crippen LogP contribution in [0.25, 0.3) is 0 Å². The second-order valence-electron chi connectivity index (χ2n) is 3.15. The van der Waals surface area contributed by atoms with Crippen LogP contribution in [-0.4, -0.2) is 30.4 Å². The van der Waals surface area contributed by atoms with Crippen LogP contribution in [0, 0.1) is 0 Å². The van der Waals surface area contributed by atoms with Crippen LogP contribution in [0.2, 0.25) is 0 Å². The summed E-state index contributed by atoms with van der Waals surface area (Å²) in [6.07, 6.45) is 0.596. The summed E-state index contributed by atoms with van der Waals surface area (Å²) < 4.78 is 0. The summed E-state index contributed by atoms with van der Waals surface area (Å²) in [5.74, 6) is -0.0712. The first-order valence-electron chi connectivity index (χ1n) is 4.60. The first kappa shape index (κ1) is 10.1. The minimum absolute atomic E-state index is 0.0712. The Labute approximate surface area is 91.0 Å². The molecule has 0 radical (unpaired) electrons. The highest BCUT2D eigenvalue weighted by molar-refractivity contribution is 7.10. The zero-order valence-electron chi connectivity index (χ0n) is 7.97. The van der Waals surface area contributed by atoms with Gasteiger partial charge in [0.1, 0.15) is 6.04 Å². The van der Waals surface area contributed by atoms with Crippen LogP contribution >= 0.6 is 11.3 Å². The molecule has 6 heteroatoms. The third-order valence-corrected chi connectivity index (χ3v) is 3.17. The first-order chi connectivity index (χ1) is 7.33. The van der Waals surface area contributed by atoms with Crippen molar-refractivity contribution in [2.75, 3.05) is 13.1 Å². The van der Waals surface area contributed by atoms with Gasteiger partial charge < -0.3 is 5.32 Å². The smallest absolute Gasteiger partial charge is 0.244 e. The molecule has 0 saturated carbocycles. The SMILES string of the molecule is O=CNN1CCNC(=O)C1c1cccs1. The van der Waals surface area contributed by atoms with E-state index in [-0.39, 0.29) is 5.91 Å². The van der Waals surface area contributed by atoms with E-state index in [2.05, 4.69) is 10.7 Å². The standard InChI is InChI=1S/C9H11N3O2S/c13-6-11-12-4-3-10-9(14)8(12)7-2-1-5-15-7/h1-2,5-6,8H,3-4H2,(H,10,14)(H,11,13). The summed E-state index contributed by atoms with van der Waals surface area (Å²) in [5, 5.41) is 6.34. The van der Waals surface area contributed by atoms with Crippen molar-refractivity contribution < 1.29 is 9.59 Å². The Kier molecular flexibility index (Phi) is 2.98. The maximum absolute atomic E-state index is 11.7. The summed E-state index contributed by atoms with van der Waals surface area (Å²) >= 11 is 1.50. The molecule has 1 unspecified atom stereocenters. The van der Waals surface area contributed by atoms with Gasteiger partial charge in [-0.05, 0) is 11.4 Å². The Morgan fingerprint density at radius 3 is 3.20 bits per heavy atom. The number of hydrogen-bond donors (Lipinski definition) is 2. The molecule has 0 spiro atoms. The largest absolute Gasteiger partial charge is 0.353 e. The van der Waals surface area contributed by atoms with Gasteiger partial charge in [-0.3, -0.25) is 15.0 Å². The quantitative estimate of drug-likeness (QED) is 0.705. The van der Waals surface area contributed by atoms with E-state index in [0.717, 1.165) is 4.88 Å². The average Bonchev–Trinajstić information content (AvgIpc) is 2.71. The van der Waals surface area contributed by atoms with Crippen LogP contribution < -0.4 is 10.7 Å². The van der Waals surface area contributed by atoms with Gasteiger partial charge in [-0.1, -0.05) is 6.07 Å². The number of hydrazine groups is 1. The first-order valence-corrected chi connectivity index (χ1v) is 5.48. The maximum atomic E-state index is 11.7. The number of amides is 2. The Hall–Kier alpha value is -1.40. The molecule has 1 aliphatic heterocycles. The molecule has 2 N–H and O–H groups in total. The second kappa shape index (κ2) is 4.41. The monoisotopic (exact) mass is 225 g/mol. The van der Waals surface area contributed by atoms with Gasteiger partial charge in [0.2, 0.25) is 12.3 Å². The van der Waals surface area contributed by atoms with E-state index < -0.39 is 6.04 Å². The molecule has 1 atom stereocenters. The molecule has 1 fully saturated rings. The molecule has 5 nitrogen and oxygen atoms in total. The third kappa shape index (κ3) is 2.00. The number of piperazine rings is 1. The van der Waals surface area contributed by atoms with Gasteiger partial charge in [0.05, 0.1) is 0 Å². The van der Waals surface area contributed by atoms with Crippen molar-refractivity contribution in [1.29, 1.82) is 0 Å². The zero-order valence-corrected chi connectivity index (χ0v) is 8.79. The number of nitrogens with zero attached hydrogens (tertiary/aromatic N) is 1. The predicted molar refractivity (Wildman–Crippen MR) is 56.0 cm³/mol. The molecule has 2 heterocycles. The van der Waals surface area contributed by atoms with E-state index in [1.807, 2.05) is 17.5 Å². The van der Waals surface area contributed by atoms with Gasteiger partial charge in [0.15, 0.2) is 0 Å². The molecule has 2 rings (SSSR count). The summed E-state index contributed by atoms with van der Waals surface area (Å²) in [4.78, 5) is 23.0. The molecule has 15 heavy (non-hydrogen) atoms. The van der Waals surface area contributed by atoms with E-state index in [1.54, 1.807) is 5.01 Å². The van der Waals surface area contributed by atoms with E-state index in [0.29, 0.717) is 19.5 Å². The van der Waals surface area contributed by atoms with Gasteiger partial charge in [-0.2, -0.15) is 0 Å². The fourth-order valence-electron chi connectivity index (χ4n) is 1.60. The minimum atomic E-state index is -0.399. The van der Waals surface area contributed by atoms with Gasteiger partial charge in [-0.15, -0.1) is 11.3 Å². The highest BCUT2D eigenvalue weighted by Gasteiger charge is 2.31. The maximum Gasteiger partial charge on any atom is 0.244 e. The third-order valence-electron chi connectivity index (χ3n) is 2.24. The van der Waals surface area contributed by atoms with E-state index in [9.17, 15) is 9.59 Å². The number of nitrogens with one attached hydrogen (secondary N) is 2. The fraction of sp³-hybridized carbons (Fsp3) is 0.333. The lowest BCUT2D eigenvalue weighted by atomic mass is 10.2. The molecule has 0 aliphatic carbocycles. The lowest BCUT2D eigenvalue weighted by Gasteiger charge is -2.33.